The maximum atomic E-state index is 12.7. The molecule has 1 heterocycles. The summed E-state index contributed by atoms with van der Waals surface area (Å²) in [6.07, 6.45) is -5.22. The molecule has 1 aromatic heterocycles. The van der Waals surface area contributed by atoms with E-state index in [1.54, 1.807) is 19.9 Å². The first-order valence-corrected chi connectivity index (χ1v) is 9.75. The Bertz CT molecular complexity index is 1040. The molecular formula is C16H16ClF3N4O4S. The lowest BCUT2D eigenvalue weighted by atomic mass is 10.1. The number of sulfonamides is 1. The largest absolute Gasteiger partial charge is 0.426 e. The van der Waals surface area contributed by atoms with Crippen LogP contribution in [0.2, 0.25) is 5.02 Å². The first-order chi connectivity index (χ1) is 13.1. The van der Waals surface area contributed by atoms with Crippen LogP contribution in [0.25, 0.3) is 0 Å². The second kappa shape index (κ2) is 7.76. The number of amides is 1. The third-order valence-electron chi connectivity index (χ3n) is 3.70. The van der Waals surface area contributed by atoms with Crippen molar-refractivity contribution in [2.24, 2.45) is 0 Å². The van der Waals surface area contributed by atoms with Gasteiger partial charge in [0, 0.05) is 11.4 Å². The second-order valence-corrected chi connectivity index (χ2v) is 8.34. The van der Waals surface area contributed by atoms with Gasteiger partial charge in [0.05, 0.1) is 15.6 Å². The summed E-state index contributed by atoms with van der Waals surface area (Å²) in [6.45, 7) is 3.58. The highest BCUT2D eigenvalue weighted by atomic mass is 35.5. The van der Waals surface area contributed by atoms with Crippen LogP contribution in [0.5, 0.6) is 0 Å². The monoisotopic (exact) mass is 452 g/mol. The molecule has 1 amide bonds. The third-order valence-corrected chi connectivity index (χ3v) is 5.34. The van der Waals surface area contributed by atoms with E-state index in [9.17, 15) is 31.5 Å². The van der Waals surface area contributed by atoms with Crippen molar-refractivity contribution in [1.82, 2.24) is 9.97 Å². The quantitative estimate of drug-likeness (QED) is 0.641. The number of carbonyl (C=O) groups excluding carboxylic acids is 1. The van der Waals surface area contributed by atoms with Gasteiger partial charge in [-0.15, -0.1) is 0 Å². The predicted octanol–water partition coefficient (Wildman–Crippen LogP) is 2.80. The fourth-order valence-electron chi connectivity index (χ4n) is 2.09. The summed E-state index contributed by atoms with van der Waals surface area (Å²) < 4.78 is 65.3. The SMILES string of the molecule is Cc1cc(C)nc(NS(=O)(=O)c2ccc(NC(=O)[C@@](C)(O)C(F)(F)F)c(Cl)c2)n1. The highest BCUT2D eigenvalue weighted by Gasteiger charge is 2.55. The van der Waals surface area contributed by atoms with Crippen LogP contribution in [0.15, 0.2) is 29.2 Å². The minimum Gasteiger partial charge on any atom is -0.373 e. The van der Waals surface area contributed by atoms with E-state index >= 15 is 0 Å². The van der Waals surface area contributed by atoms with Gasteiger partial charge in [-0.1, -0.05) is 11.6 Å². The molecule has 0 aliphatic rings. The first-order valence-electron chi connectivity index (χ1n) is 7.89. The molecule has 0 saturated carbocycles. The summed E-state index contributed by atoms with van der Waals surface area (Å²) in [5, 5.41) is 10.8. The zero-order chi connectivity index (χ0) is 22.2. The molecule has 13 heteroatoms. The summed E-state index contributed by atoms with van der Waals surface area (Å²) in [5.74, 6) is -1.94. The van der Waals surface area contributed by atoms with Crippen molar-refractivity contribution in [3.05, 3.63) is 40.7 Å². The number of nitrogens with one attached hydrogen (secondary N) is 2. The van der Waals surface area contributed by atoms with E-state index in [2.05, 4.69) is 14.7 Å². The number of aliphatic hydroxyl groups is 1. The van der Waals surface area contributed by atoms with Crippen LogP contribution in [0.1, 0.15) is 18.3 Å². The smallest absolute Gasteiger partial charge is 0.373 e. The van der Waals surface area contributed by atoms with Crippen molar-refractivity contribution >= 4 is 39.2 Å². The number of anilines is 2. The van der Waals surface area contributed by atoms with Crippen LogP contribution >= 0.6 is 11.6 Å². The molecule has 8 nitrogen and oxygen atoms in total. The van der Waals surface area contributed by atoms with Gasteiger partial charge in [-0.3, -0.25) is 4.79 Å². The van der Waals surface area contributed by atoms with Crippen molar-refractivity contribution in [3.8, 4) is 0 Å². The van der Waals surface area contributed by atoms with Crippen LogP contribution in [-0.4, -0.2) is 41.2 Å². The van der Waals surface area contributed by atoms with Gasteiger partial charge in [-0.2, -0.15) is 13.2 Å². The molecule has 1 aromatic carbocycles. The van der Waals surface area contributed by atoms with Gasteiger partial charge in [-0.25, -0.2) is 23.1 Å². The van der Waals surface area contributed by atoms with Gasteiger partial charge < -0.3 is 10.4 Å². The Balaban J connectivity index is 2.27. The van der Waals surface area contributed by atoms with E-state index in [1.807, 2.05) is 5.32 Å². The number of nitrogens with zero attached hydrogens (tertiary/aromatic N) is 2. The predicted molar refractivity (Wildman–Crippen MR) is 99.1 cm³/mol. The highest BCUT2D eigenvalue weighted by Crippen LogP contribution is 2.32. The number of carbonyl (C=O) groups is 1. The zero-order valence-corrected chi connectivity index (χ0v) is 16.9. The number of aromatic nitrogens is 2. The van der Waals surface area contributed by atoms with Crippen LogP contribution < -0.4 is 10.0 Å². The molecule has 2 aromatic rings. The molecule has 2 rings (SSSR count). The Morgan fingerprint density at radius 3 is 2.17 bits per heavy atom. The van der Waals surface area contributed by atoms with E-state index in [0.29, 0.717) is 11.4 Å². The Hall–Kier alpha value is -2.44. The fraction of sp³-hybridized carbons (Fsp3) is 0.312. The standard InChI is InChI=1S/C16H16ClF3N4O4S/c1-8-6-9(2)22-14(21-8)24-29(27,28)10-4-5-12(11(17)7-10)23-13(25)15(3,26)16(18,19)20/h4-7,26H,1-3H3,(H,23,25)(H,21,22,24)/t15-/m1/s1. The van der Waals surface area contributed by atoms with Crippen LogP contribution in [-0.2, 0) is 14.8 Å². The van der Waals surface area contributed by atoms with E-state index in [4.69, 9.17) is 11.6 Å². The van der Waals surface area contributed by atoms with E-state index < -0.39 is 27.7 Å². The van der Waals surface area contributed by atoms with E-state index in [0.717, 1.165) is 18.2 Å². The highest BCUT2D eigenvalue weighted by molar-refractivity contribution is 7.92. The van der Waals surface area contributed by atoms with Crippen molar-refractivity contribution < 1.29 is 31.5 Å². The van der Waals surface area contributed by atoms with E-state index in [1.165, 1.54) is 0 Å². The van der Waals surface area contributed by atoms with Crippen molar-refractivity contribution in [2.75, 3.05) is 10.0 Å². The molecule has 0 spiro atoms. The summed E-state index contributed by atoms with van der Waals surface area (Å²) >= 11 is 5.90. The average molecular weight is 453 g/mol. The Kier molecular flexibility index (Phi) is 6.12. The minimum absolute atomic E-state index is 0.169. The molecule has 158 valence electrons. The summed E-state index contributed by atoms with van der Waals surface area (Å²) in [7, 11) is -4.17. The molecule has 0 aliphatic heterocycles. The molecule has 0 saturated heterocycles. The molecule has 3 N–H and O–H groups in total. The number of hydrogen-bond donors (Lipinski definition) is 3. The zero-order valence-electron chi connectivity index (χ0n) is 15.3. The molecule has 0 aliphatic carbocycles. The lowest BCUT2D eigenvalue weighted by Crippen LogP contribution is -2.52. The normalized spacial score (nSPS) is 14.2. The second-order valence-electron chi connectivity index (χ2n) is 6.25. The minimum atomic E-state index is -5.22. The van der Waals surface area contributed by atoms with Crippen LogP contribution in [0.4, 0.5) is 24.8 Å². The van der Waals surface area contributed by atoms with Crippen molar-refractivity contribution in [2.45, 2.75) is 37.4 Å². The Morgan fingerprint density at radius 1 is 1.14 bits per heavy atom. The van der Waals surface area contributed by atoms with Gasteiger partial charge in [0.2, 0.25) is 11.5 Å². The number of halogens is 4. The molecule has 0 fully saturated rings. The Morgan fingerprint density at radius 2 is 1.69 bits per heavy atom. The van der Waals surface area contributed by atoms with Gasteiger partial charge in [0.15, 0.2) is 0 Å². The number of alkyl halides is 3. The van der Waals surface area contributed by atoms with Gasteiger partial charge in [0.25, 0.3) is 15.9 Å². The average Bonchev–Trinajstić information content (AvgIpc) is 2.53. The molecular weight excluding hydrogens is 437 g/mol. The van der Waals surface area contributed by atoms with Crippen LogP contribution in [0, 0.1) is 13.8 Å². The topological polar surface area (TPSA) is 121 Å². The number of hydrogen-bond acceptors (Lipinski definition) is 6. The third kappa shape index (κ3) is 5.14. The molecule has 0 unspecified atom stereocenters. The molecule has 29 heavy (non-hydrogen) atoms. The summed E-state index contributed by atoms with van der Waals surface area (Å²) in [5.41, 5.74) is -2.92. The lowest BCUT2D eigenvalue weighted by molar-refractivity contribution is -0.242. The number of aryl methyl sites for hydroxylation is 2. The number of rotatable bonds is 5. The Labute approximate surface area is 169 Å². The lowest BCUT2D eigenvalue weighted by Gasteiger charge is -2.25. The van der Waals surface area contributed by atoms with Gasteiger partial charge in [0.1, 0.15) is 0 Å². The van der Waals surface area contributed by atoms with Gasteiger partial charge in [-0.05, 0) is 45.0 Å². The maximum Gasteiger partial charge on any atom is 0.426 e. The maximum absolute atomic E-state index is 12.7. The molecule has 0 bridgehead atoms. The summed E-state index contributed by atoms with van der Waals surface area (Å²) in [4.78, 5) is 19.3. The summed E-state index contributed by atoms with van der Waals surface area (Å²) in [6, 6.07) is 4.56. The fourth-order valence-corrected chi connectivity index (χ4v) is 3.35. The van der Waals surface area contributed by atoms with Crippen molar-refractivity contribution in [3.63, 3.8) is 0 Å². The molecule has 1 atom stereocenters. The van der Waals surface area contributed by atoms with Gasteiger partial charge >= 0.3 is 6.18 Å². The van der Waals surface area contributed by atoms with E-state index in [-0.39, 0.29) is 28.5 Å². The van der Waals surface area contributed by atoms with Crippen LogP contribution in [0.3, 0.4) is 0 Å². The first kappa shape index (κ1) is 22.8. The number of benzene rings is 1. The van der Waals surface area contributed by atoms with Crippen molar-refractivity contribution in [1.29, 1.82) is 0 Å². The molecule has 0 radical (unpaired) electrons.